The van der Waals surface area contributed by atoms with Crippen LogP contribution in [-0.2, 0) is 13.6 Å². The van der Waals surface area contributed by atoms with E-state index in [0.717, 1.165) is 39.7 Å². The van der Waals surface area contributed by atoms with E-state index in [1.54, 1.807) is 11.3 Å². The Hall–Kier alpha value is -1.95. The molecule has 0 spiro atoms. The highest BCUT2D eigenvalue weighted by molar-refractivity contribution is 7.11. The number of hydrogen-bond acceptors (Lipinski definition) is 5. The quantitative estimate of drug-likeness (QED) is 0.804. The first-order valence-corrected chi connectivity index (χ1v) is 7.32. The zero-order valence-corrected chi connectivity index (χ0v) is 12.9. The lowest BCUT2D eigenvalue weighted by Crippen LogP contribution is -2.00. The maximum Gasteiger partial charge on any atom is 0.157 e. The largest absolute Gasteiger partial charge is 0.379 e. The summed E-state index contributed by atoms with van der Waals surface area (Å²) >= 11 is 1.73. The summed E-state index contributed by atoms with van der Waals surface area (Å²) in [6.07, 6.45) is 1.85. The summed E-state index contributed by atoms with van der Waals surface area (Å²) in [4.78, 5) is 10.2. The summed E-state index contributed by atoms with van der Waals surface area (Å²) in [5.74, 6) is 0. The zero-order valence-electron chi connectivity index (χ0n) is 12.1. The Morgan fingerprint density at radius 1 is 1.25 bits per heavy atom. The molecule has 0 aliphatic carbocycles. The van der Waals surface area contributed by atoms with Gasteiger partial charge in [-0.25, -0.2) is 9.97 Å². The lowest BCUT2D eigenvalue weighted by atomic mass is 10.2. The summed E-state index contributed by atoms with van der Waals surface area (Å²) < 4.78 is 1.81. The second-order valence-electron chi connectivity index (χ2n) is 4.90. The number of aryl methyl sites for hydroxylation is 4. The van der Waals surface area contributed by atoms with Gasteiger partial charge >= 0.3 is 0 Å². The van der Waals surface area contributed by atoms with Crippen molar-refractivity contribution in [3.05, 3.63) is 33.5 Å². The van der Waals surface area contributed by atoms with Gasteiger partial charge in [0.1, 0.15) is 0 Å². The van der Waals surface area contributed by atoms with Crippen molar-refractivity contribution >= 4 is 28.1 Å². The van der Waals surface area contributed by atoms with Crippen LogP contribution < -0.4 is 5.32 Å². The minimum atomic E-state index is 0.782. The highest BCUT2D eigenvalue weighted by atomic mass is 32.1. The van der Waals surface area contributed by atoms with E-state index in [2.05, 4.69) is 26.4 Å². The van der Waals surface area contributed by atoms with Crippen molar-refractivity contribution in [3.63, 3.8) is 0 Å². The van der Waals surface area contributed by atoms with Gasteiger partial charge in [0.25, 0.3) is 0 Å². The van der Waals surface area contributed by atoms with Crippen molar-refractivity contribution in [2.45, 2.75) is 27.3 Å². The molecule has 0 amide bonds. The van der Waals surface area contributed by atoms with Crippen molar-refractivity contribution in [2.75, 3.05) is 5.32 Å². The molecule has 3 aromatic heterocycles. The van der Waals surface area contributed by atoms with Crippen molar-refractivity contribution in [2.24, 2.45) is 7.05 Å². The molecule has 0 saturated carbocycles. The first-order chi connectivity index (χ1) is 9.54. The molecule has 0 saturated heterocycles. The van der Waals surface area contributed by atoms with Crippen molar-refractivity contribution in [1.29, 1.82) is 0 Å². The van der Waals surface area contributed by atoms with Gasteiger partial charge in [-0.2, -0.15) is 5.10 Å². The average molecular weight is 287 g/mol. The van der Waals surface area contributed by atoms with E-state index in [9.17, 15) is 0 Å². The summed E-state index contributed by atoms with van der Waals surface area (Å²) in [6, 6.07) is 2.11. The van der Waals surface area contributed by atoms with Gasteiger partial charge in [0, 0.05) is 17.3 Å². The van der Waals surface area contributed by atoms with Gasteiger partial charge in [0.15, 0.2) is 5.65 Å². The SMILES string of the molecule is Cc1nc(C)c(CNc2cnc3c(c2)c(C)nn3C)s1. The molecule has 20 heavy (non-hydrogen) atoms. The monoisotopic (exact) mass is 287 g/mol. The maximum atomic E-state index is 4.47. The molecule has 0 bridgehead atoms. The Kier molecular flexibility index (Phi) is 3.17. The van der Waals surface area contributed by atoms with Gasteiger partial charge in [0.05, 0.1) is 34.8 Å². The van der Waals surface area contributed by atoms with Crippen LogP contribution in [0.3, 0.4) is 0 Å². The van der Waals surface area contributed by atoms with Crippen LogP contribution >= 0.6 is 11.3 Å². The standard InChI is InChI=1S/C14H17N5S/c1-8-12-5-11(6-16-14(12)19(4)18-8)15-7-13-9(2)17-10(3)20-13/h5-6,15H,7H2,1-4H3. The van der Waals surface area contributed by atoms with Crippen LogP contribution in [-0.4, -0.2) is 19.7 Å². The molecule has 3 aromatic rings. The summed E-state index contributed by atoms with van der Waals surface area (Å²) in [5, 5.41) is 10.00. The number of aromatic nitrogens is 4. The van der Waals surface area contributed by atoms with Crippen LogP contribution in [0, 0.1) is 20.8 Å². The molecule has 104 valence electrons. The number of anilines is 1. The second-order valence-corrected chi connectivity index (χ2v) is 6.19. The predicted molar refractivity (Wildman–Crippen MR) is 82.2 cm³/mol. The third kappa shape index (κ3) is 2.27. The van der Waals surface area contributed by atoms with Crippen LogP contribution in [0.1, 0.15) is 21.3 Å². The highest BCUT2D eigenvalue weighted by Gasteiger charge is 2.08. The fraction of sp³-hybridized carbons (Fsp3) is 0.357. The molecular formula is C14H17N5S. The van der Waals surface area contributed by atoms with Gasteiger partial charge in [0.2, 0.25) is 0 Å². The molecule has 0 atom stereocenters. The van der Waals surface area contributed by atoms with E-state index in [-0.39, 0.29) is 0 Å². The first kappa shape index (κ1) is 13.1. The van der Waals surface area contributed by atoms with Gasteiger partial charge in [-0.15, -0.1) is 11.3 Å². The lowest BCUT2D eigenvalue weighted by Gasteiger charge is -2.05. The van der Waals surface area contributed by atoms with Crippen LogP contribution in [0.2, 0.25) is 0 Å². The predicted octanol–water partition coefficient (Wildman–Crippen LogP) is 2.96. The van der Waals surface area contributed by atoms with E-state index in [1.807, 2.05) is 38.7 Å². The molecule has 3 heterocycles. The topological polar surface area (TPSA) is 55.6 Å². The van der Waals surface area contributed by atoms with Gasteiger partial charge in [-0.3, -0.25) is 4.68 Å². The molecule has 0 aromatic carbocycles. The van der Waals surface area contributed by atoms with E-state index < -0.39 is 0 Å². The van der Waals surface area contributed by atoms with E-state index >= 15 is 0 Å². The molecule has 5 nitrogen and oxygen atoms in total. The van der Waals surface area contributed by atoms with E-state index in [4.69, 9.17) is 0 Å². The number of nitrogens with zero attached hydrogens (tertiary/aromatic N) is 4. The van der Waals surface area contributed by atoms with Crippen LogP contribution in [0.15, 0.2) is 12.3 Å². The molecule has 6 heteroatoms. The average Bonchev–Trinajstić information content (AvgIpc) is 2.87. The number of pyridine rings is 1. The van der Waals surface area contributed by atoms with Crippen LogP contribution in [0.5, 0.6) is 0 Å². The third-order valence-corrected chi connectivity index (χ3v) is 4.39. The summed E-state index contributed by atoms with van der Waals surface area (Å²) in [7, 11) is 1.92. The number of fused-ring (bicyclic) bond motifs is 1. The van der Waals surface area contributed by atoms with Crippen LogP contribution in [0.4, 0.5) is 5.69 Å². The zero-order chi connectivity index (χ0) is 14.3. The third-order valence-electron chi connectivity index (χ3n) is 3.32. The molecule has 0 aliphatic heterocycles. The Bertz CT molecular complexity index is 771. The molecule has 3 rings (SSSR count). The Morgan fingerprint density at radius 2 is 2.05 bits per heavy atom. The molecule has 0 aliphatic rings. The Labute approximate surface area is 121 Å². The normalized spacial score (nSPS) is 11.2. The minimum Gasteiger partial charge on any atom is -0.379 e. The molecular weight excluding hydrogens is 270 g/mol. The fourth-order valence-corrected chi connectivity index (χ4v) is 3.20. The van der Waals surface area contributed by atoms with Crippen molar-refractivity contribution in [1.82, 2.24) is 19.7 Å². The maximum absolute atomic E-state index is 4.47. The molecule has 0 unspecified atom stereocenters. The Balaban J connectivity index is 1.84. The number of hydrogen-bond donors (Lipinski definition) is 1. The van der Waals surface area contributed by atoms with Crippen molar-refractivity contribution < 1.29 is 0 Å². The van der Waals surface area contributed by atoms with Gasteiger partial charge in [-0.05, 0) is 26.8 Å². The second kappa shape index (κ2) is 4.86. The summed E-state index contributed by atoms with van der Waals surface area (Å²) in [6.45, 7) is 6.87. The highest BCUT2D eigenvalue weighted by Crippen LogP contribution is 2.22. The Morgan fingerprint density at radius 3 is 2.75 bits per heavy atom. The van der Waals surface area contributed by atoms with Crippen molar-refractivity contribution in [3.8, 4) is 0 Å². The van der Waals surface area contributed by atoms with Crippen LogP contribution in [0.25, 0.3) is 11.0 Å². The summed E-state index contributed by atoms with van der Waals surface area (Å²) in [5.41, 5.74) is 4.03. The lowest BCUT2D eigenvalue weighted by molar-refractivity contribution is 0.774. The van der Waals surface area contributed by atoms with Gasteiger partial charge in [-0.1, -0.05) is 0 Å². The smallest absolute Gasteiger partial charge is 0.157 e. The number of nitrogens with one attached hydrogen (secondary N) is 1. The minimum absolute atomic E-state index is 0.782. The van der Waals surface area contributed by atoms with Gasteiger partial charge < -0.3 is 5.32 Å². The van der Waals surface area contributed by atoms with E-state index in [1.165, 1.54) is 4.88 Å². The molecule has 0 radical (unpaired) electrons. The molecule has 0 fully saturated rings. The first-order valence-electron chi connectivity index (χ1n) is 6.50. The number of thiazole rings is 1. The van der Waals surface area contributed by atoms with E-state index in [0.29, 0.717) is 0 Å². The molecule has 1 N–H and O–H groups in total. The fourth-order valence-electron chi connectivity index (χ4n) is 2.32. The number of rotatable bonds is 3.